The van der Waals surface area contributed by atoms with E-state index in [2.05, 4.69) is 9.82 Å². The largest absolute Gasteiger partial charge is 0.279 e. The number of benzene rings is 2. The molecule has 25 heavy (non-hydrogen) atoms. The van der Waals surface area contributed by atoms with Crippen molar-refractivity contribution >= 4 is 15.7 Å². The number of halogens is 1. The molecule has 0 saturated heterocycles. The zero-order valence-electron chi connectivity index (χ0n) is 14.1. The lowest BCUT2D eigenvalue weighted by Crippen LogP contribution is -2.16. The van der Waals surface area contributed by atoms with Gasteiger partial charge in [-0.25, -0.2) is 17.5 Å². The standard InChI is InChI=1S/C18H18FN3O2S/c1-12-9-10-15(19)11-17(12)21-25(23,24)18-13(2)20-22(14(18)3)16-7-5-4-6-8-16/h4-11,21H,1-3H3. The van der Waals surface area contributed by atoms with E-state index in [1.165, 1.54) is 18.2 Å². The minimum absolute atomic E-state index is 0.0972. The van der Waals surface area contributed by atoms with Crippen LogP contribution in [0.25, 0.3) is 5.69 Å². The van der Waals surface area contributed by atoms with Crippen LogP contribution in [-0.4, -0.2) is 18.2 Å². The van der Waals surface area contributed by atoms with Gasteiger partial charge in [-0.15, -0.1) is 0 Å². The summed E-state index contributed by atoms with van der Waals surface area (Å²) in [7, 11) is -3.90. The van der Waals surface area contributed by atoms with Crippen molar-refractivity contribution in [1.29, 1.82) is 0 Å². The van der Waals surface area contributed by atoms with E-state index >= 15 is 0 Å². The molecule has 0 saturated carbocycles. The number of hydrogen-bond donors (Lipinski definition) is 1. The summed E-state index contributed by atoms with van der Waals surface area (Å²) < 4.78 is 43.2. The third-order valence-electron chi connectivity index (χ3n) is 3.94. The van der Waals surface area contributed by atoms with Crippen LogP contribution < -0.4 is 4.72 Å². The molecule has 1 N–H and O–H groups in total. The molecule has 3 aromatic rings. The van der Waals surface area contributed by atoms with E-state index in [4.69, 9.17) is 0 Å². The van der Waals surface area contributed by atoms with Gasteiger partial charge in [-0.1, -0.05) is 24.3 Å². The number of aryl methyl sites for hydroxylation is 2. The number of aromatic nitrogens is 2. The number of nitrogens with zero attached hydrogens (tertiary/aromatic N) is 2. The van der Waals surface area contributed by atoms with Crippen LogP contribution in [0.5, 0.6) is 0 Å². The van der Waals surface area contributed by atoms with Crippen molar-refractivity contribution in [2.24, 2.45) is 0 Å². The fraction of sp³-hybridized carbons (Fsp3) is 0.167. The summed E-state index contributed by atoms with van der Waals surface area (Å²) in [6.07, 6.45) is 0. The molecule has 0 aliphatic carbocycles. The summed E-state index contributed by atoms with van der Waals surface area (Å²) in [5.74, 6) is -0.503. The third-order valence-corrected chi connectivity index (χ3v) is 5.56. The normalized spacial score (nSPS) is 11.5. The van der Waals surface area contributed by atoms with Crippen LogP contribution in [-0.2, 0) is 10.0 Å². The smallest absolute Gasteiger partial charge is 0.265 e. The fourth-order valence-corrected chi connectivity index (χ4v) is 4.25. The number of para-hydroxylation sites is 1. The summed E-state index contributed by atoms with van der Waals surface area (Å²) in [6, 6.07) is 13.3. The highest BCUT2D eigenvalue weighted by Gasteiger charge is 2.25. The van der Waals surface area contributed by atoms with Crippen molar-refractivity contribution in [3.05, 3.63) is 71.3 Å². The Bertz CT molecular complexity index is 1030. The highest BCUT2D eigenvalue weighted by Crippen LogP contribution is 2.26. The third kappa shape index (κ3) is 3.28. The van der Waals surface area contributed by atoms with Crippen LogP contribution in [0.3, 0.4) is 0 Å². The van der Waals surface area contributed by atoms with E-state index in [-0.39, 0.29) is 10.6 Å². The van der Waals surface area contributed by atoms with E-state index in [0.29, 0.717) is 17.0 Å². The quantitative estimate of drug-likeness (QED) is 0.772. The molecule has 1 aromatic heterocycles. The first-order valence-corrected chi connectivity index (χ1v) is 9.18. The molecule has 0 aliphatic heterocycles. The van der Waals surface area contributed by atoms with Gasteiger partial charge in [-0.05, 0) is 50.6 Å². The molecule has 2 aromatic carbocycles. The predicted octanol–water partition coefficient (Wildman–Crippen LogP) is 3.74. The van der Waals surface area contributed by atoms with Crippen LogP contribution in [0.4, 0.5) is 10.1 Å². The van der Waals surface area contributed by atoms with Gasteiger partial charge in [-0.2, -0.15) is 5.10 Å². The average molecular weight is 359 g/mol. The van der Waals surface area contributed by atoms with Crippen LogP contribution in [0, 0.1) is 26.6 Å². The van der Waals surface area contributed by atoms with Gasteiger partial charge >= 0.3 is 0 Å². The first-order valence-electron chi connectivity index (χ1n) is 7.70. The summed E-state index contributed by atoms with van der Waals surface area (Å²) in [5, 5.41) is 4.35. The molecule has 0 aliphatic rings. The number of anilines is 1. The van der Waals surface area contributed by atoms with Crippen LogP contribution in [0.1, 0.15) is 17.0 Å². The Balaban J connectivity index is 2.06. The maximum Gasteiger partial charge on any atom is 0.265 e. The fourth-order valence-electron chi connectivity index (χ4n) is 2.74. The molecule has 0 unspecified atom stereocenters. The monoisotopic (exact) mass is 359 g/mol. The van der Waals surface area contributed by atoms with E-state index in [9.17, 15) is 12.8 Å². The topological polar surface area (TPSA) is 64.0 Å². The lowest BCUT2D eigenvalue weighted by molar-refractivity contribution is 0.599. The van der Waals surface area contributed by atoms with Crippen LogP contribution >= 0.6 is 0 Å². The second-order valence-electron chi connectivity index (χ2n) is 5.81. The molecular formula is C18H18FN3O2S. The molecule has 1 heterocycles. The highest BCUT2D eigenvalue weighted by molar-refractivity contribution is 7.92. The van der Waals surface area contributed by atoms with Gasteiger partial charge in [-0.3, -0.25) is 4.72 Å². The number of sulfonamides is 1. The molecule has 0 fully saturated rings. The van der Waals surface area contributed by atoms with Crippen molar-refractivity contribution in [1.82, 2.24) is 9.78 Å². The minimum Gasteiger partial charge on any atom is -0.279 e. The minimum atomic E-state index is -3.90. The Hall–Kier alpha value is -2.67. The first-order chi connectivity index (χ1) is 11.8. The first kappa shape index (κ1) is 17.2. The zero-order valence-corrected chi connectivity index (χ0v) is 14.9. The molecule has 0 bridgehead atoms. The molecule has 7 heteroatoms. The molecule has 3 rings (SSSR count). The average Bonchev–Trinajstić information content (AvgIpc) is 2.87. The van der Waals surface area contributed by atoms with Crippen LogP contribution in [0.15, 0.2) is 53.4 Å². The summed E-state index contributed by atoms with van der Waals surface area (Å²) >= 11 is 0. The second kappa shape index (κ2) is 6.33. The second-order valence-corrected chi connectivity index (χ2v) is 7.43. The zero-order chi connectivity index (χ0) is 18.2. The van der Waals surface area contributed by atoms with E-state index in [1.54, 1.807) is 25.5 Å². The summed E-state index contributed by atoms with van der Waals surface area (Å²) in [5.41, 5.74) is 2.49. The van der Waals surface area contributed by atoms with Gasteiger partial charge in [0.2, 0.25) is 0 Å². The Morgan fingerprint density at radius 2 is 1.72 bits per heavy atom. The van der Waals surface area contributed by atoms with Gasteiger partial charge < -0.3 is 0 Å². The SMILES string of the molecule is Cc1ccc(F)cc1NS(=O)(=O)c1c(C)nn(-c2ccccc2)c1C. The highest BCUT2D eigenvalue weighted by atomic mass is 32.2. The maximum atomic E-state index is 13.5. The summed E-state index contributed by atoms with van der Waals surface area (Å²) in [4.78, 5) is 0.0972. The Kier molecular flexibility index (Phi) is 4.34. The van der Waals surface area contributed by atoms with E-state index in [0.717, 1.165) is 5.69 Å². The van der Waals surface area contributed by atoms with Gasteiger partial charge in [0.05, 0.1) is 22.8 Å². The molecule has 0 radical (unpaired) electrons. The Labute approximate surface area is 146 Å². The maximum absolute atomic E-state index is 13.5. The van der Waals surface area contributed by atoms with Gasteiger partial charge in [0.1, 0.15) is 10.7 Å². The van der Waals surface area contributed by atoms with Crippen molar-refractivity contribution in [3.63, 3.8) is 0 Å². The number of nitrogens with one attached hydrogen (secondary N) is 1. The van der Waals surface area contributed by atoms with Gasteiger partial charge in [0.25, 0.3) is 10.0 Å². The van der Waals surface area contributed by atoms with E-state index in [1.807, 2.05) is 30.3 Å². The molecule has 5 nitrogen and oxygen atoms in total. The number of rotatable bonds is 4. The van der Waals surface area contributed by atoms with Crippen molar-refractivity contribution in [2.45, 2.75) is 25.7 Å². The molecule has 0 spiro atoms. The number of hydrogen-bond acceptors (Lipinski definition) is 3. The van der Waals surface area contributed by atoms with Gasteiger partial charge in [0.15, 0.2) is 0 Å². The Morgan fingerprint density at radius 3 is 2.40 bits per heavy atom. The van der Waals surface area contributed by atoms with Crippen molar-refractivity contribution in [3.8, 4) is 5.69 Å². The lowest BCUT2D eigenvalue weighted by Gasteiger charge is -2.11. The Morgan fingerprint density at radius 1 is 1.04 bits per heavy atom. The summed E-state index contributed by atoms with van der Waals surface area (Å²) in [6.45, 7) is 5.05. The van der Waals surface area contributed by atoms with Crippen molar-refractivity contribution in [2.75, 3.05) is 4.72 Å². The molecular weight excluding hydrogens is 341 g/mol. The molecule has 0 atom stereocenters. The van der Waals surface area contributed by atoms with Crippen LogP contribution in [0.2, 0.25) is 0 Å². The van der Waals surface area contributed by atoms with E-state index < -0.39 is 15.8 Å². The van der Waals surface area contributed by atoms with Gasteiger partial charge in [0, 0.05) is 0 Å². The lowest BCUT2D eigenvalue weighted by atomic mass is 10.2. The molecule has 0 amide bonds. The predicted molar refractivity (Wildman–Crippen MR) is 95.0 cm³/mol. The van der Waals surface area contributed by atoms with Crippen molar-refractivity contribution < 1.29 is 12.8 Å². The molecule has 130 valence electrons.